The largest absolute Gasteiger partial charge is 0.351 e. The number of aryl methyl sites for hydroxylation is 1. The minimum Gasteiger partial charge on any atom is -0.351 e. The molecule has 1 aromatic rings. The Balaban J connectivity index is 2.81. The highest BCUT2D eigenvalue weighted by atomic mass is 15.1. The van der Waals surface area contributed by atoms with Gasteiger partial charge in [0.1, 0.15) is 11.8 Å². The van der Waals surface area contributed by atoms with Crippen molar-refractivity contribution >= 4 is 5.95 Å². The molecular weight excluding hydrogens is 188 g/mol. The molecule has 0 aliphatic heterocycles. The van der Waals surface area contributed by atoms with Crippen LogP contribution in [0.3, 0.4) is 0 Å². The molecule has 1 rings (SSSR count). The predicted molar refractivity (Wildman–Crippen MR) is 59.4 cm³/mol. The highest BCUT2D eigenvalue weighted by molar-refractivity contribution is 5.33. The Morgan fingerprint density at radius 3 is 3.00 bits per heavy atom. The molecule has 0 saturated heterocycles. The Labute approximate surface area is 89.7 Å². The Hall–Kier alpha value is -1.89. The second-order valence-corrected chi connectivity index (χ2v) is 3.40. The molecule has 15 heavy (non-hydrogen) atoms. The van der Waals surface area contributed by atoms with E-state index in [0.717, 1.165) is 12.1 Å². The molecule has 0 bridgehead atoms. The molecule has 1 unspecified atom stereocenters. The zero-order chi connectivity index (χ0) is 11.3. The average molecular weight is 202 g/mol. The van der Waals surface area contributed by atoms with Crippen molar-refractivity contribution in [2.75, 3.05) is 5.32 Å². The molecule has 1 atom stereocenters. The fourth-order valence-corrected chi connectivity index (χ4v) is 1.22. The van der Waals surface area contributed by atoms with Gasteiger partial charge in [0.05, 0.1) is 0 Å². The van der Waals surface area contributed by atoms with Gasteiger partial charge in [-0.2, -0.15) is 5.26 Å². The second kappa shape index (κ2) is 5.11. The smallest absolute Gasteiger partial charge is 0.224 e. The first kappa shape index (κ1) is 11.2. The maximum absolute atomic E-state index is 8.74. The Kier molecular flexibility index (Phi) is 3.81. The van der Waals surface area contributed by atoms with Gasteiger partial charge in [0.15, 0.2) is 0 Å². The molecule has 0 aliphatic carbocycles. The molecule has 0 amide bonds. The maximum Gasteiger partial charge on any atom is 0.224 e. The van der Waals surface area contributed by atoms with Crippen molar-refractivity contribution in [2.45, 2.75) is 26.3 Å². The van der Waals surface area contributed by atoms with Crippen LogP contribution in [-0.4, -0.2) is 16.0 Å². The third-order valence-electron chi connectivity index (χ3n) is 1.86. The molecule has 0 spiro atoms. The summed E-state index contributed by atoms with van der Waals surface area (Å²) in [4.78, 5) is 8.25. The number of nitriles is 1. The van der Waals surface area contributed by atoms with Crippen molar-refractivity contribution in [3.05, 3.63) is 30.1 Å². The number of hydrogen-bond donors (Lipinski definition) is 1. The van der Waals surface area contributed by atoms with Crippen LogP contribution in [-0.2, 0) is 0 Å². The van der Waals surface area contributed by atoms with Gasteiger partial charge in [-0.3, -0.25) is 0 Å². The summed E-state index contributed by atoms with van der Waals surface area (Å²) in [5, 5.41) is 11.9. The van der Waals surface area contributed by atoms with Gasteiger partial charge in [-0.05, 0) is 26.3 Å². The van der Waals surface area contributed by atoms with Crippen LogP contribution in [0.5, 0.6) is 0 Å². The van der Waals surface area contributed by atoms with Crippen LogP contribution in [0.15, 0.2) is 18.7 Å². The average Bonchev–Trinajstić information content (AvgIpc) is 2.17. The van der Waals surface area contributed by atoms with Crippen LogP contribution < -0.4 is 5.32 Å². The van der Waals surface area contributed by atoms with E-state index in [-0.39, 0.29) is 6.04 Å². The van der Waals surface area contributed by atoms with Crippen LogP contribution in [0.4, 0.5) is 5.95 Å². The Morgan fingerprint density at radius 2 is 2.40 bits per heavy atom. The first-order valence-electron chi connectivity index (χ1n) is 4.79. The Bertz CT molecular complexity index is 392. The third-order valence-corrected chi connectivity index (χ3v) is 1.86. The zero-order valence-corrected chi connectivity index (χ0v) is 8.99. The van der Waals surface area contributed by atoms with Crippen molar-refractivity contribution in [3.63, 3.8) is 0 Å². The Morgan fingerprint density at radius 1 is 1.67 bits per heavy atom. The molecule has 0 saturated carbocycles. The van der Waals surface area contributed by atoms with Gasteiger partial charge >= 0.3 is 0 Å². The molecule has 78 valence electrons. The first-order chi connectivity index (χ1) is 7.15. The van der Waals surface area contributed by atoms with E-state index < -0.39 is 0 Å². The summed E-state index contributed by atoms with van der Waals surface area (Å²) in [5.41, 5.74) is 1.17. The number of nitrogens with zero attached hydrogens (tertiary/aromatic N) is 3. The van der Waals surface area contributed by atoms with Crippen molar-refractivity contribution < 1.29 is 0 Å². The van der Waals surface area contributed by atoms with Gasteiger partial charge in [0.25, 0.3) is 0 Å². The van der Waals surface area contributed by atoms with Gasteiger partial charge in [-0.25, -0.2) is 9.97 Å². The van der Waals surface area contributed by atoms with Crippen LogP contribution in [0, 0.1) is 18.3 Å². The molecule has 1 aromatic heterocycles. The van der Waals surface area contributed by atoms with Gasteiger partial charge in [0.2, 0.25) is 5.95 Å². The van der Waals surface area contributed by atoms with Crippen molar-refractivity contribution in [1.29, 1.82) is 5.26 Å². The lowest BCUT2D eigenvalue weighted by Gasteiger charge is -2.11. The van der Waals surface area contributed by atoms with Gasteiger partial charge in [-0.1, -0.05) is 6.08 Å². The summed E-state index contributed by atoms with van der Waals surface area (Å²) >= 11 is 0. The van der Waals surface area contributed by atoms with E-state index in [1.54, 1.807) is 6.07 Å². The molecule has 0 aromatic carbocycles. The monoisotopic (exact) mass is 202 g/mol. The lowest BCUT2D eigenvalue weighted by molar-refractivity contribution is 0.796. The van der Waals surface area contributed by atoms with E-state index in [0.29, 0.717) is 11.6 Å². The van der Waals surface area contributed by atoms with Gasteiger partial charge in [-0.15, -0.1) is 6.58 Å². The molecule has 0 fully saturated rings. The highest BCUT2D eigenvalue weighted by Gasteiger charge is 2.04. The molecule has 4 nitrogen and oxygen atoms in total. The lowest BCUT2D eigenvalue weighted by atomic mass is 10.2. The number of anilines is 1. The fraction of sp³-hybridized carbons (Fsp3) is 0.364. The summed E-state index contributed by atoms with van der Waals surface area (Å²) in [7, 11) is 0. The van der Waals surface area contributed by atoms with E-state index in [9.17, 15) is 0 Å². The minimum absolute atomic E-state index is 0.218. The van der Waals surface area contributed by atoms with Crippen molar-refractivity contribution in [3.8, 4) is 6.07 Å². The molecule has 0 aliphatic rings. The van der Waals surface area contributed by atoms with E-state index in [4.69, 9.17) is 5.26 Å². The quantitative estimate of drug-likeness (QED) is 0.759. The summed E-state index contributed by atoms with van der Waals surface area (Å²) in [5.74, 6) is 0.501. The summed E-state index contributed by atoms with van der Waals surface area (Å²) in [6, 6.07) is 3.88. The summed E-state index contributed by atoms with van der Waals surface area (Å²) < 4.78 is 0. The van der Waals surface area contributed by atoms with E-state index in [2.05, 4.69) is 21.9 Å². The SMILES string of the molecule is C=CCC(C)Nc1nc(C)cc(C#N)n1. The van der Waals surface area contributed by atoms with Crippen LogP contribution in [0.2, 0.25) is 0 Å². The zero-order valence-electron chi connectivity index (χ0n) is 8.99. The first-order valence-corrected chi connectivity index (χ1v) is 4.79. The standard InChI is InChI=1S/C11H14N4/c1-4-5-8(2)13-11-14-9(3)6-10(7-12)15-11/h4,6,8H,1,5H2,2-3H3,(H,13,14,15). The number of nitrogens with one attached hydrogen (secondary N) is 1. The molecule has 0 radical (unpaired) electrons. The van der Waals surface area contributed by atoms with Crippen molar-refractivity contribution in [2.24, 2.45) is 0 Å². The number of aromatic nitrogens is 2. The summed E-state index contributed by atoms with van der Waals surface area (Å²) in [6.07, 6.45) is 2.66. The number of hydrogen-bond acceptors (Lipinski definition) is 4. The van der Waals surface area contributed by atoms with E-state index >= 15 is 0 Å². The van der Waals surface area contributed by atoms with E-state index in [1.807, 2.05) is 26.0 Å². The van der Waals surface area contributed by atoms with Gasteiger partial charge in [0, 0.05) is 11.7 Å². The van der Waals surface area contributed by atoms with Crippen molar-refractivity contribution in [1.82, 2.24) is 9.97 Å². The predicted octanol–water partition coefficient (Wildman–Crippen LogP) is 2.03. The third kappa shape index (κ3) is 3.39. The van der Waals surface area contributed by atoms with Gasteiger partial charge < -0.3 is 5.32 Å². The molecule has 1 heterocycles. The molecular formula is C11H14N4. The minimum atomic E-state index is 0.218. The molecule has 4 heteroatoms. The highest BCUT2D eigenvalue weighted by Crippen LogP contribution is 2.06. The second-order valence-electron chi connectivity index (χ2n) is 3.40. The lowest BCUT2D eigenvalue weighted by Crippen LogP contribution is -2.16. The normalized spacial score (nSPS) is 11.5. The van der Waals surface area contributed by atoms with Crippen LogP contribution in [0.1, 0.15) is 24.7 Å². The summed E-state index contributed by atoms with van der Waals surface area (Å²) in [6.45, 7) is 7.51. The molecule has 1 N–H and O–H groups in total. The van der Waals surface area contributed by atoms with E-state index in [1.165, 1.54) is 0 Å². The topological polar surface area (TPSA) is 61.6 Å². The maximum atomic E-state index is 8.74. The fourth-order valence-electron chi connectivity index (χ4n) is 1.22. The number of rotatable bonds is 4. The van der Waals surface area contributed by atoms with Crippen LogP contribution in [0.25, 0.3) is 0 Å². The van der Waals surface area contributed by atoms with Crippen LogP contribution >= 0.6 is 0 Å².